The van der Waals surface area contributed by atoms with Crippen LogP contribution in [0.15, 0.2) is 30.3 Å². The summed E-state index contributed by atoms with van der Waals surface area (Å²) in [5.74, 6) is 0.599. The number of nitrogens with one attached hydrogen (secondary N) is 1. The van der Waals surface area contributed by atoms with Gasteiger partial charge >= 0.3 is 0 Å². The largest absolute Gasteiger partial charge is 0.356 e. The Labute approximate surface area is 120 Å². The van der Waals surface area contributed by atoms with Gasteiger partial charge in [0.15, 0.2) is 9.84 Å². The summed E-state index contributed by atoms with van der Waals surface area (Å²) < 4.78 is 22.6. The summed E-state index contributed by atoms with van der Waals surface area (Å²) in [7, 11) is -2.85. The van der Waals surface area contributed by atoms with Crippen molar-refractivity contribution in [2.24, 2.45) is 5.92 Å². The van der Waals surface area contributed by atoms with E-state index in [4.69, 9.17) is 0 Å². The summed E-state index contributed by atoms with van der Waals surface area (Å²) in [6, 6.07) is 10.1. The van der Waals surface area contributed by atoms with E-state index >= 15 is 0 Å². The summed E-state index contributed by atoms with van der Waals surface area (Å²) in [6.07, 6.45) is 2.88. The smallest absolute Gasteiger partial charge is 0.220 e. The molecule has 110 valence electrons. The molecule has 0 bridgehead atoms. The van der Waals surface area contributed by atoms with Gasteiger partial charge in [0.1, 0.15) is 0 Å². The monoisotopic (exact) mass is 295 g/mol. The molecule has 1 N–H and O–H groups in total. The van der Waals surface area contributed by atoms with Gasteiger partial charge in [0, 0.05) is 13.0 Å². The van der Waals surface area contributed by atoms with Crippen LogP contribution in [0, 0.1) is 5.92 Å². The summed E-state index contributed by atoms with van der Waals surface area (Å²) in [6.45, 7) is 0.489. The van der Waals surface area contributed by atoms with Crippen LogP contribution in [-0.2, 0) is 21.1 Å². The summed E-state index contributed by atoms with van der Waals surface area (Å²) in [5, 5.41) is 2.85. The average Bonchev–Trinajstić information content (AvgIpc) is 2.77. The molecule has 4 nitrogen and oxygen atoms in total. The molecule has 1 amide bonds. The predicted octanol–water partition coefficient (Wildman–Crippen LogP) is 1.56. The number of rotatable bonds is 6. The molecule has 1 aliphatic heterocycles. The lowest BCUT2D eigenvalue weighted by molar-refractivity contribution is -0.121. The van der Waals surface area contributed by atoms with Crippen molar-refractivity contribution in [2.75, 3.05) is 18.1 Å². The van der Waals surface area contributed by atoms with E-state index in [1.54, 1.807) is 0 Å². The molecule has 0 aromatic heterocycles. The zero-order chi connectivity index (χ0) is 14.4. The molecule has 2 rings (SSSR count). The third-order valence-electron chi connectivity index (χ3n) is 3.63. The Hall–Kier alpha value is -1.36. The molecule has 1 atom stereocenters. The number of amides is 1. The van der Waals surface area contributed by atoms with Crippen LogP contribution >= 0.6 is 0 Å². The second-order valence-corrected chi connectivity index (χ2v) is 7.64. The van der Waals surface area contributed by atoms with E-state index in [0.717, 1.165) is 12.8 Å². The molecule has 0 aliphatic carbocycles. The molecule has 0 unspecified atom stereocenters. The third kappa shape index (κ3) is 4.96. The highest BCUT2D eigenvalue weighted by molar-refractivity contribution is 7.91. The van der Waals surface area contributed by atoms with E-state index in [-0.39, 0.29) is 23.3 Å². The molecule has 0 radical (unpaired) electrons. The van der Waals surface area contributed by atoms with Crippen LogP contribution in [0.1, 0.15) is 24.8 Å². The first-order chi connectivity index (χ1) is 9.55. The SMILES string of the molecule is O=C(CCCc1ccccc1)NC[C@@H]1CCS(=O)(=O)C1. The van der Waals surface area contributed by atoms with Crippen LogP contribution in [0.25, 0.3) is 0 Å². The van der Waals surface area contributed by atoms with Crippen molar-refractivity contribution < 1.29 is 13.2 Å². The topological polar surface area (TPSA) is 63.2 Å². The molecule has 0 saturated carbocycles. The fourth-order valence-corrected chi connectivity index (χ4v) is 4.34. The summed E-state index contributed by atoms with van der Waals surface area (Å²) in [4.78, 5) is 11.7. The van der Waals surface area contributed by atoms with Crippen molar-refractivity contribution in [3.05, 3.63) is 35.9 Å². The normalized spacial score (nSPS) is 20.7. The van der Waals surface area contributed by atoms with Gasteiger partial charge in [-0.25, -0.2) is 8.42 Å². The predicted molar refractivity (Wildman–Crippen MR) is 79.2 cm³/mol. The van der Waals surface area contributed by atoms with Gasteiger partial charge in [0.25, 0.3) is 0 Å². The zero-order valence-electron chi connectivity index (χ0n) is 11.5. The summed E-state index contributed by atoms with van der Waals surface area (Å²) in [5.41, 5.74) is 1.24. The first kappa shape index (κ1) is 15.0. The highest BCUT2D eigenvalue weighted by Gasteiger charge is 2.27. The van der Waals surface area contributed by atoms with E-state index in [1.165, 1.54) is 5.56 Å². The minimum atomic E-state index is -2.85. The first-order valence-electron chi connectivity index (χ1n) is 7.06. The molecule has 1 aromatic carbocycles. The number of carbonyl (C=O) groups excluding carboxylic acids is 1. The second kappa shape index (κ2) is 6.88. The van der Waals surface area contributed by atoms with Crippen molar-refractivity contribution in [2.45, 2.75) is 25.7 Å². The Morgan fingerprint density at radius 3 is 2.65 bits per heavy atom. The molecular weight excluding hydrogens is 274 g/mol. The molecule has 1 aromatic rings. The number of sulfone groups is 1. The molecule has 1 fully saturated rings. The Kier molecular flexibility index (Phi) is 5.17. The highest BCUT2D eigenvalue weighted by Crippen LogP contribution is 2.17. The molecule has 0 spiro atoms. The Morgan fingerprint density at radius 2 is 2.00 bits per heavy atom. The molecule has 5 heteroatoms. The number of hydrogen-bond donors (Lipinski definition) is 1. The third-order valence-corrected chi connectivity index (χ3v) is 5.46. The molecule has 1 heterocycles. The van der Waals surface area contributed by atoms with Crippen LogP contribution in [-0.4, -0.2) is 32.4 Å². The lowest BCUT2D eigenvalue weighted by Crippen LogP contribution is -2.29. The minimum absolute atomic E-state index is 0.0187. The standard InChI is InChI=1S/C15H21NO3S/c17-15(8-4-7-13-5-2-1-3-6-13)16-11-14-9-10-20(18,19)12-14/h1-3,5-6,14H,4,7-12H2,(H,16,17)/t14-/m0/s1. The number of carbonyl (C=O) groups is 1. The molecule has 1 saturated heterocycles. The first-order valence-corrected chi connectivity index (χ1v) is 8.88. The number of benzene rings is 1. The van der Waals surface area contributed by atoms with Gasteiger partial charge in [0.2, 0.25) is 5.91 Å². The summed E-state index contributed by atoms with van der Waals surface area (Å²) >= 11 is 0. The van der Waals surface area contributed by atoms with Gasteiger partial charge in [-0.15, -0.1) is 0 Å². The Morgan fingerprint density at radius 1 is 1.25 bits per heavy atom. The van der Waals surface area contributed by atoms with Crippen molar-refractivity contribution in [3.8, 4) is 0 Å². The van der Waals surface area contributed by atoms with Gasteiger partial charge in [-0.3, -0.25) is 4.79 Å². The Bertz CT molecular complexity index is 539. The van der Waals surface area contributed by atoms with E-state index in [2.05, 4.69) is 17.4 Å². The fourth-order valence-electron chi connectivity index (χ4n) is 2.48. The van der Waals surface area contributed by atoms with Crippen LogP contribution in [0.4, 0.5) is 0 Å². The second-order valence-electron chi connectivity index (χ2n) is 5.41. The maximum absolute atomic E-state index is 11.7. The van der Waals surface area contributed by atoms with Gasteiger partial charge < -0.3 is 5.32 Å². The maximum atomic E-state index is 11.7. The average molecular weight is 295 g/mol. The van der Waals surface area contributed by atoms with Crippen molar-refractivity contribution in [3.63, 3.8) is 0 Å². The van der Waals surface area contributed by atoms with E-state index in [9.17, 15) is 13.2 Å². The maximum Gasteiger partial charge on any atom is 0.220 e. The highest BCUT2D eigenvalue weighted by atomic mass is 32.2. The van der Waals surface area contributed by atoms with Gasteiger partial charge in [-0.1, -0.05) is 30.3 Å². The van der Waals surface area contributed by atoms with Crippen LogP contribution in [0.2, 0.25) is 0 Å². The van der Waals surface area contributed by atoms with Crippen LogP contribution < -0.4 is 5.32 Å². The lowest BCUT2D eigenvalue weighted by Gasteiger charge is -2.09. The number of aryl methyl sites for hydroxylation is 1. The molecule has 1 aliphatic rings. The van der Waals surface area contributed by atoms with E-state index in [1.807, 2.05) is 18.2 Å². The number of hydrogen-bond acceptors (Lipinski definition) is 3. The van der Waals surface area contributed by atoms with Gasteiger partial charge in [0.05, 0.1) is 11.5 Å². The quantitative estimate of drug-likeness (QED) is 0.866. The van der Waals surface area contributed by atoms with Crippen molar-refractivity contribution in [1.29, 1.82) is 0 Å². The van der Waals surface area contributed by atoms with E-state index < -0.39 is 9.84 Å². The van der Waals surface area contributed by atoms with E-state index in [0.29, 0.717) is 19.4 Å². The van der Waals surface area contributed by atoms with Crippen LogP contribution in [0.3, 0.4) is 0 Å². The Balaban J connectivity index is 1.61. The molecule has 20 heavy (non-hydrogen) atoms. The van der Waals surface area contributed by atoms with Gasteiger partial charge in [-0.05, 0) is 30.7 Å². The van der Waals surface area contributed by atoms with Gasteiger partial charge in [-0.2, -0.15) is 0 Å². The van der Waals surface area contributed by atoms with Crippen LogP contribution in [0.5, 0.6) is 0 Å². The zero-order valence-corrected chi connectivity index (χ0v) is 12.4. The minimum Gasteiger partial charge on any atom is -0.356 e. The lowest BCUT2D eigenvalue weighted by atomic mass is 10.1. The fraction of sp³-hybridized carbons (Fsp3) is 0.533. The molecular formula is C15H21NO3S. The van der Waals surface area contributed by atoms with Crippen molar-refractivity contribution >= 4 is 15.7 Å². The van der Waals surface area contributed by atoms with Crippen molar-refractivity contribution in [1.82, 2.24) is 5.32 Å².